The predicted molar refractivity (Wildman–Crippen MR) is 329 cm³/mol. The van der Waals surface area contributed by atoms with Crippen LogP contribution in [-0.4, -0.2) is 9.13 Å². The molecule has 0 spiro atoms. The lowest BCUT2D eigenvalue weighted by Crippen LogP contribution is -2.11. The molecule has 394 valence electrons. The Kier molecular flexibility index (Phi) is 12.4. The summed E-state index contributed by atoms with van der Waals surface area (Å²) in [6, 6.07) is 55.4. The molecular formula is C74H62F3N3. The lowest BCUT2D eigenvalue weighted by atomic mass is 9.91. The average molecular weight is 1050 g/mol. The van der Waals surface area contributed by atoms with Crippen LogP contribution in [0.5, 0.6) is 0 Å². The lowest BCUT2D eigenvalue weighted by molar-refractivity contribution is -0.137. The largest absolute Gasteiger partial charge is 0.417 e. The van der Waals surface area contributed by atoms with E-state index in [2.05, 4.69) is 215 Å². The molecule has 0 amide bonds. The van der Waals surface area contributed by atoms with Gasteiger partial charge in [0.1, 0.15) is 0 Å². The molecule has 80 heavy (non-hydrogen) atoms. The average Bonchev–Trinajstić information content (AvgIpc) is 3.92. The maximum Gasteiger partial charge on any atom is 0.417 e. The van der Waals surface area contributed by atoms with Crippen molar-refractivity contribution in [3.63, 3.8) is 0 Å². The zero-order chi connectivity index (χ0) is 56.4. The van der Waals surface area contributed by atoms with Gasteiger partial charge in [0.05, 0.1) is 50.6 Å². The summed E-state index contributed by atoms with van der Waals surface area (Å²) in [6.45, 7) is 25.6. The van der Waals surface area contributed by atoms with Crippen LogP contribution in [0, 0.1) is 94.4 Å². The van der Waals surface area contributed by atoms with Crippen LogP contribution in [0.4, 0.5) is 13.2 Å². The van der Waals surface area contributed by atoms with E-state index < -0.39 is 11.7 Å². The molecule has 0 saturated carbocycles. The van der Waals surface area contributed by atoms with E-state index >= 15 is 13.2 Å². The van der Waals surface area contributed by atoms with E-state index in [1.807, 2.05) is 10.6 Å². The predicted octanol–water partition coefficient (Wildman–Crippen LogP) is 20.8. The van der Waals surface area contributed by atoms with Crippen LogP contribution in [0.1, 0.15) is 77.9 Å². The zero-order valence-electron chi connectivity index (χ0n) is 47.5. The summed E-state index contributed by atoms with van der Waals surface area (Å²) >= 11 is 0. The number of nitrogens with zero attached hydrogens (tertiary/aromatic N) is 3. The Hall–Kier alpha value is -8.92. The number of rotatable bonds is 7. The maximum absolute atomic E-state index is 16.3. The first-order chi connectivity index (χ1) is 38.2. The quantitative estimate of drug-likeness (QED) is 0.157. The van der Waals surface area contributed by atoms with E-state index in [1.165, 1.54) is 56.6 Å². The van der Waals surface area contributed by atoms with E-state index in [1.54, 1.807) is 18.2 Å². The molecule has 0 aliphatic carbocycles. The fourth-order valence-corrected chi connectivity index (χ4v) is 14.0. The third kappa shape index (κ3) is 8.50. The molecule has 0 aliphatic rings. The Morgan fingerprint density at radius 1 is 0.338 bits per heavy atom. The number of aromatic nitrogens is 2. The van der Waals surface area contributed by atoms with E-state index in [-0.39, 0.29) is 16.7 Å². The minimum Gasteiger partial charge on any atom is -0.309 e. The van der Waals surface area contributed by atoms with E-state index in [9.17, 15) is 5.26 Å². The minimum absolute atomic E-state index is 0.0189. The highest BCUT2D eigenvalue weighted by Gasteiger charge is 2.37. The normalized spacial score (nSPS) is 11.9. The third-order valence-electron chi connectivity index (χ3n) is 16.6. The Bertz CT molecular complexity index is 4340. The van der Waals surface area contributed by atoms with Gasteiger partial charge in [-0.1, -0.05) is 101 Å². The van der Waals surface area contributed by atoms with Gasteiger partial charge in [-0.25, -0.2) is 0 Å². The Labute approximate surface area is 466 Å². The van der Waals surface area contributed by atoms with Gasteiger partial charge in [-0.3, -0.25) is 0 Å². The monoisotopic (exact) mass is 1050 g/mol. The van der Waals surface area contributed by atoms with Crippen molar-refractivity contribution in [2.75, 3.05) is 0 Å². The van der Waals surface area contributed by atoms with Crippen LogP contribution in [-0.2, 0) is 6.18 Å². The molecule has 3 nitrogen and oxygen atoms in total. The number of hydrogen-bond donors (Lipinski definition) is 0. The van der Waals surface area contributed by atoms with Crippen molar-refractivity contribution in [1.82, 2.24) is 9.13 Å². The van der Waals surface area contributed by atoms with Gasteiger partial charge in [-0.05, 0) is 251 Å². The first-order valence-electron chi connectivity index (χ1n) is 27.4. The molecule has 0 bridgehead atoms. The van der Waals surface area contributed by atoms with Gasteiger partial charge in [-0.2, -0.15) is 18.4 Å². The number of nitriles is 1. The molecule has 10 aromatic carbocycles. The summed E-state index contributed by atoms with van der Waals surface area (Å²) in [5.74, 6) is 0. The van der Waals surface area contributed by atoms with Gasteiger partial charge in [0, 0.05) is 32.7 Å². The molecule has 2 heterocycles. The van der Waals surface area contributed by atoms with Gasteiger partial charge >= 0.3 is 6.18 Å². The summed E-state index contributed by atoms with van der Waals surface area (Å²) in [6.07, 6.45) is -4.79. The molecule has 0 unspecified atom stereocenters. The molecule has 12 rings (SSSR count). The molecule has 0 atom stereocenters. The SMILES string of the molecule is Cc1cc(C)c(-c2ccc3c(c2)c2cc(-c4c(C)cc(C)cc4C)ccc2n3-c2ccc(C#N)cc2-c2c(-n3c4ccc(-c5c(C)cc(C)cc5C)cc4c4cc(-c5c(C)cc(C)cc5C)ccc43)cccc2C(F)(F)F)c(C)c1. The van der Waals surface area contributed by atoms with Gasteiger partial charge in [0.2, 0.25) is 0 Å². The first kappa shape index (κ1) is 51.8. The summed E-state index contributed by atoms with van der Waals surface area (Å²) in [5, 5.41) is 14.5. The van der Waals surface area contributed by atoms with Gasteiger partial charge < -0.3 is 9.13 Å². The topological polar surface area (TPSA) is 33.6 Å². The van der Waals surface area contributed by atoms with Crippen molar-refractivity contribution in [2.45, 2.75) is 89.3 Å². The van der Waals surface area contributed by atoms with Crippen LogP contribution < -0.4 is 0 Å². The number of aryl methyl sites for hydroxylation is 12. The molecule has 0 radical (unpaired) electrons. The molecular weight excluding hydrogens is 988 g/mol. The maximum atomic E-state index is 16.3. The molecule has 2 aromatic heterocycles. The number of halogens is 3. The fraction of sp³-hybridized carbons (Fsp3) is 0.176. The second kappa shape index (κ2) is 19.2. The van der Waals surface area contributed by atoms with Crippen LogP contribution in [0.2, 0.25) is 0 Å². The van der Waals surface area contributed by atoms with Crippen LogP contribution in [0.3, 0.4) is 0 Å². The van der Waals surface area contributed by atoms with Crippen molar-refractivity contribution < 1.29 is 13.2 Å². The standard InChI is InChI=1S/C74H62F3N3/c1-40-26-44(5)69(45(6)27-40)53-17-22-63-57(35-53)58-36-54(70-46(7)28-41(2)29-47(70)8)18-23-64(58)79(63)67-21-16-52(39-78)34-61(67)73-62(74(75,76)77)14-13-15-68(73)80-65-24-19-55(71-48(9)30-42(3)31-49(71)10)37-59(65)60-38-56(20-25-66(60)80)72-50(11)32-43(4)33-51(72)12/h13-38H,1-12H3. The number of hydrogen-bond acceptors (Lipinski definition) is 1. The van der Waals surface area contributed by atoms with Crippen LogP contribution >= 0.6 is 0 Å². The van der Waals surface area contributed by atoms with Crippen molar-refractivity contribution in [1.29, 1.82) is 5.26 Å². The van der Waals surface area contributed by atoms with E-state index in [0.717, 1.165) is 110 Å². The molecule has 6 heteroatoms. The fourth-order valence-electron chi connectivity index (χ4n) is 14.0. The van der Waals surface area contributed by atoms with Gasteiger partial charge in [0.15, 0.2) is 0 Å². The smallest absolute Gasteiger partial charge is 0.309 e. The van der Waals surface area contributed by atoms with Crippen molar-refractivity contribution >= 4 is 43.6 Å². The Morgan fingerprint density at radius 2 is 0.650 bits per heavy atom. The van der Waals surface area contributed by atoms with E-state index in [0.29, 0.717) is 11.4 Å². The number of fused-ring (bicyclic) bond motifs is 6. The summed E-state index contributed by atoms with van der Waals surface area (Å²) in [7, 11) is 0. The van der Waals surface area contributed by atoms with Crippen molar-refractivity contribution in [3.8, 4) is 73.1 Å². The van der Waals surface area contributed by atoms with Crippen molar-refractivity contribution in [3.05, 3.63) is 236 Å². The zero-order valence-corrected chi connectivity index (χ0v) is 47.5. The highest BCUT2D eigenvalue weighted by atomic mass is 19.4. The second-order valence-corrected chi connectivity index (χ2v) is 22.7. The first-order valence-corrected chi connectivity index (χ1v) is 27.4. The van der Waals surface area contributed by atoms with Crippen molar-refractivity contribution in [2.24, 2.45) is 0 Å². The number of benzene rings is 10. The highest BCUT2D eigenvalue weighted by Crippen LogP contribution is 2.49. The molecule has 0 N–H and O–H groups in total. The molecule has 12 aromatic rings. The summed E-state index contributed by atoms with van der Waals surface area (Å²) < 4.78 is 53.2. The second-order valence-electron chi connectivity index (χ2n) is 22.7. The van der Waals surface area contributed by atoms with Gasteiger partial charge in [0.25, 0.3) is 0 Å². The number of alkyl halides is 3. The summed E-state index contributed by atoms with van der Waals surface area (Å²) in [5.41, 5.74) is 26.6. The molecule has 0 saturated heterocycles. The Morgan fingerprint density at radius 3 is 0.950 bits per heavy atom. The third-order valence-corrected chi connectivity index (χ3v) is 16.6. The van der Waals surface area contributed by atoms with Crippen LogP contribution in [0.25, 0.3) is 111 Å². The lowest BCUT2D eigenvalue weighted by Gasteiger charge is -2.23. The van der Waals surface area contributed by atoms with Crippen LogP contribution in [0.15, 0.2) is 158 Å². The molecule has 0 aliphatic heterocycles. The summed E-state index contributed by atoms with van der Waals surface area (Å²) in [4.78, 5) is 0. The van der Waals surface area contributed by atoms with Gasteiger partial charge in [-0.15, -0.1) is 0 Å². The highest BCUT2D eigenvalue weighted by molar-refractivity contribution is 6.14. The minimum atomic E-state index is -4.79. The van der Waals surface area contributed by atoms with E-state index in [4.69, 9.17) is 0 Å². The Balaban J connectivity index is 1.18. The molecule has 0 fully saturated rings.